The third-order valence-corrected chi connectivity index (χ3v) is 4.49. The Hall–Kier alpha value is -2.41. The number of rotatable bonds is 15. The van der Waals surface area contributed by atoms with Gasteiger partial charge in [0.1, 0.15) is 6.04 Å². The summed E-state index contributed by atoms with van der Waals surface area (Å²) in [4.78, 5) is 35.8. The third kappa shape index (κ3) is 10.7. The molecule has 6 N–H and O–H groups in total. The van der Waals surface area contributed by atoms with Crippen LogP contribution in [0.5, 0.6) is 0 Å². The third-order valence-electron chi connectivity index (χ3n) is 4.49. The molecular formula is C21H34N4O3. The maximum atomic E-state index is 12.3. The quantitative estimate of drug-likeness (QED) is 0.341. The Morgan fingerprint density at radius 1 is 0.857 bits per heavy atom. The molecule has 0 aliphatic heterocycles. The largest absolute Gasteiger partial charge is 0.370 e. The van der Waals surface area contributed by atoms with Crippen LogP contribution in [0.15, 0.2) is 30.3 Å². The molecule has 0 saturated heterocycles. The van der Waals surface area contributed by atoms with Gasteiger partial charge in [0, 0.05) is 12.1 Å². The van der Waals surface area contributed by atoms with E-state index >= 15 is 0 Å². The molecule has 0 saturated carbocycles. The van der Waals surface area contributed by atoms with Crippen molar-refractivity contribution in [3.8, 4) is 0 Å². The number of benzene rings is 1. The van der Waals surface area contributed by atoms with Gasteiger partial charge in [-0.25, -0.2) is 0 Å². The first-order chi connectivity index (χ1) is 13.5. The van der Waals surface area contributed by atoms with Crippen LogP contribution in [0, 0.1) is 0 Å². The number of hydrogen-bond acceptors (Lipinski definition) is 4. The number of unbranched alkanes of at least 4 members (excludes halogenated alkanes) is 7. The summed E-state index contributed by atoms with van der Waals surface area (Å²) in [5, 5.41) is 5.38. The summed E-state index contributed by atoms with van der Waals surface area (Å²) in [5.41, 5.74) is 11.1. The Morgan fingerprint density at radius 3 is 2.00 bits per heavy atom. The van der Waals surface area contributed by atoms with Gasteiger partial charge in [0.05, 0.1) is 6.42 Å². The second-order valence-corrected chi connectivity index (χ2v) is 6.97. The van der Waals surface area contributed by atoms with Crippen LogP contribution in [-0.4, -0.2) is 36.9 Å². The molecule has 1 aromatic rings. The van der Waals surface area contributed by atoms with Crippen molar-refractivity contribution in [2.75, 3.05) is 13.1 Å². The highest BCUT2D eigenvalue weighted by Crippen LogP contribution is 2.08. The lowest BCUT2D eigenvalue weighted by molar-refractivity contribution is -0.126. The minimum Gasteiger partial charge on any atom is -0.370 e. The van der Waals surface area contributed by atoms with E-state index in [4.69, 9.17) is 11.5 Å². The van der Waals surface area contributed by atoms with Crippen LogP contribution in [0.2, 0.25) is 0 Å². The highest BCUT2D eigenvalue weighted by molar-refractivity contribution is 5.98. The minimum absolute atomic E-state index is 0.229. The van der Waals surface area contributed by atoms with Gasteiger partial charge < -0.3 is 22.1 Å². The molecule has 0 aliphatic rings. The monoisotopic (exact) mass is 390 g/mol. The number of primary amides is 1. The molecule has 1 rings (SSSR count). The van der Waals surface area contributed by atoms with Crippen molar-refractivity contribution in [1.29, 1.82) is 0 Å². The van der Waals surface area contributed by atoms with Crippen LogP contribution in [0.3, 0.4) is 0 Å². The smallest absolute Gasteiger partial charge is 0.251 e. The highest BCUT2D eigenvalue weighted by Gasteiger charge is 2.23. The zero-order chi connectivity index (χ0) is 20.6. The number of amides is 3. The van der Waals surface area contributed by atoms with Crippen LogP contribution in [0.4, 0.5) is 0 Å². The summed E-state index contributed by atoms with van der Waals surface area (Å²) >= 11 is 0. The van der Waals surface area contributed by atoms with Crippen molar-refractivity contribution >= 4 is 17.7 Å². The lowest BCUT2D eigenvalue weighted by Crippen LogP contribution is -2.48. The molecule has 0 aromatic heterocycles. The van der Waals surface area contributed by atoms with E-state index in [1.807, 2.05) is 0 Å². The average molecular weight is 391 g/mol. The van der Waals surface area contributed by atoms with Crippen molar-refractivity contribution in [3.63, 3.8) is 0 Å². The molecule has 0 aliphatic carbocycles. The molecule has 1 aromatic carbocycles. The van der Waals surface area contributed by atoms with Gasteiger partial charge in [-0.3, -0.25) is 14.4 Å². The van der Waals surface area contributed by atoms with E-state index in [1.54, 1.807) is 30.3 Å². The van der Waals surface area contributed by atoms with E-state index in [-0.39, 0.29) is 12.3 Å². The number of carbonyl (C=O) groups excluding carboxylic acids is 3. The number of nitrogens with two attached hydrogens (primary N) is 2. The van der Waals surface area contributed by atoms with Gasteiger partial charge in [-0.05, 0) is 31.5 Å². The summed E-state index contributed by atoms with van der Waals surface area (Å²) in [6.45, 7) is 1.28. The van der Waals surface area contributed by atoms with Gasteiger partial charge in [-0.1, -0.05) is 56.7 Å². The molecule has 0 radical (unpaired) electrons. The van der Waals surface area contributed by atoms with E-state index in [0.29, 0.717) is 12.1 Å². The van der Waals surface area contributed by atoms with Crippen LogP contribution in [0.1, 0.15) is 68.1 Å². The fraction of sp³-hybridized carbons (Fsp3) is 0.571. The lowest BCUT2D eigenvalue weighted by Gasteiger charge is -2.17. The first kappa shape index (κ1) is 23.6. The molecular weight excluding hydrogens is 356 g/mol. The zero-order valence-corrected chi connectivity index (χ0v) is 16.6. The Kier molecular flexibility index (Phi) is 12.3. The van der Waals surface area contributed by atoms with E-state index in [9.17, 15) is 14.4 Å². The van der Waals surface area contributed by atoms with Crippen molar-refractivity contribution < 1.29 is 14.4 Å². The van der Waals surface area contributed by atoms with Gasteiger partial charge >= 0.3 is 0 Å². The van der Waals surface area contributed by atoms with E-state index in [1.165, 1.54) is 25.7 Å². The molecule has 28 heavy (non-hydrogen) atoms. The first-order valence-corrected chi connectivity index (χ1v) is 10.2. The molecule has 3 amide bonds. The molecule has 156 valence electrons. The second-order valence-electron chi connectivity index (χ2n) is 6.97. The second kappa shape index (κ2) is 14.6. The normalized spacial score (nSPS) is 11.6. The van der Waals surface area contributed by atoms with Gasteiger partial charge in [0.2, 0.25) is 11.8 Å². The van der Waals surface area contributed by atoms with E-state index in [2.05, 4.69) is 10.6 Å². The SMILES string of the molecule is NCCCCCCCCCCNC(=O)C(CC(N)=O)NC(=O)c1ccccc1. The molecule has 0 fully saturated rings. The summed E-state index contributed by atoms with van der Waals surface area (Å²) < 4.78 is 0. The average Bonchev–Trinajstić information content (AvgIpc) is 2.69. The molecule has 1 unspecified atom stereocenters. The standard InChI is InChI=1S/C21H34N4O3/c22-14-10-5-3-1-2-4-6-11-15-24-21(28)18(16-19(23)26)25-20(27)17-12-8-7-9-13-17/h7-9,12-13,18H,1-6,10-11,14-16,22H2,(H2,23,26)(H,24,28)(H,25,27). The van der Waals surface area contributed by atoms with Crippen molar-refractivity contribution in [2.24, 2.45) is 11.5 Å². The van der Waals surface area contributed by atoms with Gasteiger partial charge in [-0.15, -0.1) is 0 Å². The number of nitrogens with one attached hydrogen (secondary N) is 2. The van der Waals surface area contributed by atoms with Crippen molar-refractivity contribution in [3.05, 3.63) is 35.9 Å². The van der Waals surface area contributed by atoms with Gasteiger partial charge in [0.25, 0.3) is 5.91 Å². The van der Waals surface area contributed by atoms with E-state index in [0.717, 1.165) is 32.2 Å². The number of hydrogen-bond donors (Lipinski definition) is 4. The summed E-state index contributed by atoms with van der Waals surface area (Å²) in [5.74, 6) is -1.43. The highest BCUT2D eigenvalue weighted by atomic mass is 16.2. The predicted octanol–water partition coefficient (Wildman–Crippen LogP) is 1.86. The van der Waals surface area contributed by atoms with Crippen molar-refractivity contribution in [1.82, 2.24) is 10.6 Å². The fourth-order valence-corrected chi connectivity index (χ4v) is 2.91. The van der Waals surface area contributed by atoms with E-state index < -0.39 is 17.9 Å². The summed E-state index contributed by atoms with van der Waals surface area (Å²) in [7, 11) is 0. The lowest BCUT2D eigenvalue weighted by atomic mass is 10.1. The van der Waals surface area contributed by atoms with Gasteiger partial charge in [-0.2, -0.15) is 0 Å². The molecule has 7 nitrogen and oxygen atoms in total. The molecule has 0 bridgehead atoms. The molecule has 7 heteroatoms. The maximum Gasteiger partial charge on any atom is 0.251 e. The summed E-state index contributed by atoms with van der Waals surface area (Å²) in [6.07, 6.45) is 8.74. The van der Waals surface area contributed by atoms with Crippen LogP contribution < -0.4 is 22.1 Å². The molecule has 1 atom stereocenters. The summed E-state index contributed by atoms with van der Waals surface area (Å²) in [6, 6.07) is 7.58. The Balaban J connectivity index is 2.28. The van der Waals surface area contributed by atoms with Crippen LogP contribution >= 0.6 is 0 Å². The minimum atomic E-state index is -0.965. The zero-order valence-electron chi connectivity index (χ0n) is 16.6. The Morgan fingerprint density at radius 2 is 1.43 bits per heavy atom. The first-order valence-electron chi connectivity index (χ1n) is 10.2. The topological polar surface area (TPSA) is 127 Å². The predicted molar refractivity (Wildman–Crippen MR) is 111 cm³/mol. The van der Waals surface area contributed by atoms with Crippen LogP contribution in [-0.2, 0) is 9.59 Å². The van der Waals surface area contributed by atoms with Crippen molar-refractivity contribution in [2.45, 2.75) is 63.8 Å². The Bertz CT molecular complexity index is 593. The molecule has 0 spiro atoms. The van der Waals surface area contributed by atoms with Gasteiger partial charge in [0.15, 0.2) is 0 Å². The number of carbonyl (C=O) groups is 3. The fourth-order valence-electron chi connectivity index (χ4n) is 2.91. The Labute approximate surface area is 167 Å². The maximum absolute atomic E-state index is 12.3. The molecule has 0 heterocycles. The van der Waals surface area contributed by atoms with Crippen LogP contribution in [0.25, 0.3) is 0 Å².